The minimum absolute atomic E-state index is 0.220. The molecule has 5 nitrogen and oxygen atoms in total. The molecular weight excluding hydrogens is 278 g/mol. The van der Waals surface area contributed by atoms with Gasteiger partial charge in [0.15, 0.2) is 0 Å². The van der Waals surface area contributed by atoms with Crippen LogP contribution in [0.2, 0.25) is 0 Å². The summed E-state index contributed by atoms with van der Waals surface area (Å²) in [6.07, 6.45) is 0. The Kier molecular flexibility index (Phi) is 2.89. The Labute approximate surface area is 126 Å². The van der Waals surface area contributed by atoms with Crippen molar-refractivity contribution in [2.75, 3.05) is 5.32 Å². The smallest absolute Gasteiger partial charge is 0.274 e. The van der Waals surface area contributed by atoms with Crippen LogP contribution in [-0.4, -0.2) is 16.1 Å². The van der Waals surface area contributed by atoms with Gasteiger partial charge in [0.1, 0.15) is 23.7 Å². The number of hydrogen-bond acceptors (Lipinski definition) is 3. The van der Waals surface area contributed by atoms with Gasteiger partial charge in [-0.15, -0.1) is 0 Å². The van der Waals surface area contributed by atoms with E-state index in [-0.39, 0.29) is 5.91 Å². The molecule has 0 saturated carbocycles. The van der Waals surface area contributed by atoms with Gasteiger partial charge in [0.25, 0.3) is 5.91 Å². The fourth-order valence-electron chi connectivity index (χ4n) is 2.57. The van der Waals surface area contributed by atoms with Crippen LogP contribution in [0.1, 0.15) is 16.1 Å². The third-order valence-electron chi connectivity index (χ3n) is 3.64. The normalized spacial score (nSPS) is 12.0. The molecular formula is C17H13N3O2. The SMILES string of the molecule is O=C(Nc1ccccc1)c1[nH]nc2c1COc1ccccc1-2. The number of amides is 1. The van der Waals surface area contributed by atoms with Crippen molar-refractivity contribution in [2.24, 2.45) is 0 Å². The lowest BCUT2D eigenvalue weighted by molar-refractivity contribution is 0.102. The first-order valence-corrected chi connectivity index (χ1v) is 6.99. The minimum Gasteiger partial charge on any atom is -0.488 e. The number of rotatable bonds is 2. The Hall–Kier alpha value is -3.08. The van der Waals surface area contributed by atoms with Crippen molar-refractivity contribution in [2.45, 2.75) is 6.61 Å². The number of para-hydroxylation sites is 2. The molecule has 3 aromatic rings. The molecule has 0 unspecified atom stereocenters. The summed E-state index contributed by atoms with van der Waals surface area (Å²) >= 11 is 0. The second kappa shape index (κ2) is 5.04. The molecule has 22 heavy (non-hydrogen) atoms. The molecule has 0 radical (unpaired) electrons. The Morgan fingerprint density at radius 3 is 2.73 bits per heavy atom. The summed E-state index contributed by atoms with van der Waals surface area (Å²) in [7, 11) is 0. The van der Waals surface area contributed by atoms with Gasteiger partial charge in [-0.1, -0.05) is 30.3 Å². The van der Waals surface area contributed by atoms with Gasteiger partial charge in [0, 0.05) is 16.8 Å². The molecule has 1 aromatic heterocycles. The summed E-state index contributed by atoms with van der Waals surface area (Å²) in [4.78, 5) is 12.4. The zero-order valence-corrected chi connectivity index (χ0v) is 11.7. The van der Waals surface area contributed by atoms with E-state index in [1.54, 1.807) is 0 Å². The quantitative estimate of drug-likeness (QED) is 0.761. The summed E-state index contributed by atoms with van der Waals surface area (Å²) in [5, 5.41) is 9.98. The molecule has 2 N–H and O–H groups in total. The van der Waals surface area contributed by atoms with Crippen LogP contribution < -0.4 is 10.1 Å². The van der Waals surface area contributed by atoms with Gasteiger partial charge in [-0.05, 0) is 24.3 Å². The van der Waals surface area contributed by atoms with Crippen molar-refractivity contribution < 1.29 is 9.53 Å². The number of aromatic nitrogens is 2. The molecule has 0 bridgehead atoms. The molecule has 0 aliphatic carbocycles. The molecule has 1 aliphatic heterocycles. The van der Waals surface area contributed by atoms with Crippen LogP contribution in [-0.2, 0) is 6.61 Å². The van der Waals surface area contributed by atoms with Crippen LogP contribution in [0.4, 0.5) is 5.69 Å². The number of carbonyl (C=O) groups is 1. The van der Waals surface area contributed by atoms with Crippen LogP contribution in [0.25, 0.3) is 11.3 Å². The number of nitrogens with zero attached hydrogens (tertiary/aromatic N) is 1. The number of nitrogens with one attached hydrogen (secondary N) is 2. The lowest BCUT2D eigenvalue weighted by Gasteiger charge is -2.17. The van der Waals surface area contributed by atoms with Crippen LogP contribution in [0.5, 0.6) is 5.75 Å². The fourth-order valence-corrected chi connectivity index (χ4v) is 2.57. The molecule has 2 aromatic carbocycles. The third kappa shape index (κ3) is 2.03. The first-order chi connectivity index (χ1) is 10.8. The topological polar surface area (TPSA) is 67.0 Å². The van der Waals surface area contributed by atoms with Crippen molar-refractivity contribution in [3.63, 3.8) is 0 Å². The van der Waals surface area contributed by atoms with Crippen molar-refractivity contribution in [3.8, 4) is 17.0 Å². The summed E-state index contributed by atoms with van der Waals surface area (Å²) in [6, 6.07) is 17.0. The Bertz CT molecular complexity index is 840. The zero-order valence-electron chi connectivity index (χ0n) is 11.7. The summed E-state index contributed by atoms with van der Waals surface area (Å²) < 4.78 is 5.71. The van der Waals surface area contributed by atoms with E-state index >= 15 is 0 Å². The van der Waals surface area contributed by atoms with Crippen molar-refractivity contribution in [1.82, 2.24) is 10.2 Å². The van der Waals surface area contributed by atoms with Crippen LogP contribution >= 0.6 is 0 Å². The first-order valence-electron chi connectivity index (χ1n) is 6.99. The molecule has 0 atom stereocenters. The standard InChI is InChI=1S/C17H13N3O2/c21-17(18-11-6-2-1-3-7-11)16-13-10-22-14-9-5-4-8-12(14)15(13)19-20-16/h1-9H,10H2,(H,18,21)(H,19,20). The second-order valence-corrected chi connectivity index (χ2v) is 5.03. The van der Waals surface area contributed by atoms with Crippen LogP contribution in [0.3, 0.4) is 0 Å². The van der Waals surface area contributed by atoms with E-state index < -0.39 is 0 Å². The molecule has 0 spiro atoms. The van der Waals surface area contributed by atoms with Crippen molar-refractivity contribution in [3.05, 3.63) is 65.9 Å². The van der Waals surface area contributed by atoms with E-state index in [9.17, 15) is 4.79 Å². The predicted octanol–water partition coefficient (Wildman–Crippen LogP) is 3.22. The highest BCUT2D eigenvalue weighted by atomic mass is 16.5. The average molecular weight is 291 g/mol. The van der Waals surface area contributed by atoms with Gasteiger partial charge in [-0.2, -0.15) is 5.10 Å². The number of ether oxygens (including phenoxy) is 1. The largest absolute Gasteiger partial charge is 0.488 e. The molecule has 1 aliphatic rings. The van der Waals surface area contributed by atoms with Gasteiger partial charge >= 0.3 is 0 Å². The maximum atomic E-state index is 12.4. The van der Waals surface area contributed by atoms with E-state index in [1.165, 1.54) is 0 Å². The Balaban J connectivity index is 1.69. The molecule has 4 rings (SSSR count). The van der Waals surface area contributed by atoms with E-state index in [0.29, 0.717) is 12.3 Å². The van der Waals surface area contributed by atoms with Crippen LogP contribution in [0.15, 0.2) is 54.6 Å². The van der Waals surface area contributed by atoms with Gasteiger partial charge in [-0.3, -0.25) is 9.89 Å². The molecule has 0 fully saturated rings. The lowest BCUT2D eigenvalue weighted by atomic mass is 10.0. The number of aromatic amines is 1. The number of benzene rings is 2. The van der Waals surface area contributed by atoms with E-state index in [2.05, 4.69) is 15.5 Å². The first kappa shape index (κ1) is 12.6. The fraction of sp³-hybridized carbons (Fsp3) is 0.0588. The molecule has 108 valence electrons. The number of anilines is 1. The molecule has 0 saturated heterocycles. The summed E-state index contributed by atoms with van der Waals surface area (Å²) in [6.45, 7) is 0.334. The highest BCUT2D eigenvalue weighted by molar-refractivity contribution is 6.05. The Morgan fingerprint density at radius 2 is 1.86 bits per heavy atom. The number of H-pyrrole nitrogens is 1. The summed E-state index contributed by atoms with van der Waals surface area (Å²) in [5.74, 6) is 0.569. The van der Waals surface area contributed by atoms with Gasteiger partial charge in [0.2, 0.25) is 0 Å². The zero-order chi connectivity index (χ0) is 14.9. The second-order valence-electron chi connectivity index (χ2n) is 5.03. The molecule has 1 amide bonds. The van der Waals surface area contributed by atoms with Crippen LogP contribution in [0, 0.1) is 0 Å². The molecule has 2 heterocycles. The number of hydrogen-bond donors (Lipinski definition) is 2. The minimum atomic E-state index is -0.220. The molecule has 5 heteroatoms. The number of fused-ring (bicyclic) bond motifs is 3. The third-order valence-corrected chi connectivity index (χ3v) is 3.64. The van der Waals surface area contributed by atoms with Gasteiger partial charge < -0.3 is 10.1 Å². The Morgan fingerprint density at radius 1 is 1.09 bits per heavy atom. The van der Waals surface area contributed by atoms with E-state index in [4.69, 9.17) is 4.74 Å². The average Bonchev–Trinajstić information content (AvgIpc) is 3.00. The maximum absolute atomic E-state index is 12.4. The maximum Gasteiger partial charge on any atom is 0.274 e. The highest BCUT2D eigenvalue weighted by Gasteiger charge is 2.26. The van der Waals surface area contributed by atoms with E-state index in [1.807, 2.05) is 54.6 Å². The van der Waals surface area contributed by atoms with Crippen molar-refractivity contribution >= 4 is 11.6 Å². The van der Waals surface area contributed by atoms with Gasteiger partial charge in [0.05, 0.1) is 0 Å². The highest BCUT2D eigenvalue weighted by Crippen LogP contribution is 2.37. The van der Waals surface area contributed by atoms with Crippen molar-refractivity contribution in [1.29, 1.82) is 0 Å². The lowest BCUT2D eigenvalue weighted by Crippen LogP contribution is -2.16. The number of carbonyl (C=O) groups excluding carboxylic acids is 1. The van der Waals surface area contributed by atoms with Gasteiger partial charge in [-0.25, -0.2) is 0 Å². The summed E-state index contributed by atoms with van der Waals surface area (Å²) in [5.41, 5.74) is 3.65. The van der Waals surface area contributed by atoms with E-state index in [0.717, 1.165) is 28.3 Å². The monoisotopic (exact) mass is 291 g/mol. The predicted molar refractivity (Wildman–Crippen MR) is 82.8 cm³/mol.